The molecule has 0 saturated heterocycles. The Hall–Kier alpha value is -3.15. The standard InChI is InChI=1S/C18H15NO5/c20-14(12-6-2-1-3-7-12)11-23-17(21)10-16-18(22)19-13-8-4-5-9-15(13)24-16/h1-9,16H,10-11H2,(H,19,22). The Kier molecular flexibility index (Phi) is 4.56. The van der Waals surface area contributed by atoms with Gasteiger partial charge in [-0.3, -0.25) is 14.4 Å². The van der Waals surface area contributed by atoms with E-state index in [9.17, 15) is 14.4 Å². The second-order valence-electron chi connectivity index (χ2n) is 5.25. The molecule has 0 bridgehead atoms. The fraction of sp³-hybridized carbons (Fsp3) is 0.167. The van der Waals surface area contributed by atoms with E-state index >= 15 is 0 Å². The van der Waals surface area contributed by atoms with Gasteiger partial charge in [-0.15, -0.1) is 0 Å². The van der Waals surface area contributed by atoms with E-state index in [1.165, 1.54) is 0 Å². The Bertz CT molecular complexity index is 772. The number of ketones is 1. The lowest BCUT2D eigenvalue weighted by molar-refractivity contribution is -0.146. The molecule has 0 spiro atoms. The summed E-state index contributed by atoms with van der Waals surface area (Å²) in [6, 6.07) is 15.5. The summed E-state index contributed by atoms with van der Waals surface area (Å²) in [7, 11) is 0. The van der Waals surface area contributed by atoms with Crippen LogP contribution >= 0.6 is 0 Å². The number of carbonyl (C=O) groups is 3. The van der Waals surface area contributed by atoms with E-state index in [1.54, 1.807) is 54.6 Å². The molecule has 122 valence electrons. The van der Waals surface area contributed by atoms with Crippen molar-refractivity contribution in [3.63, 3.8) is 0 Å². The predicted molar refractivity (Wildman–Crippen MR) is 85.8 cm³/mol. The first-order chi connectivity index (χ1) is 11.6. The molecule has 1 amide bonds. The molecule has 1 N–H and O–H groups in total. The van der Waals surface area contributed by atoms with Gasteiger partial charge >= 0.3 is 5.97 Å². The summed E-state index contributed by atoms with van der Waals surface area (Å²) >= 11 is 0. The number of hydrogen-bond acceptors (Lipinski definition) is 5. The third kappa shape index (κ3) is 3.60. The topological polar surface area (TPSA) is 81.7 Å². The van der Waals surface area contributed by atoms with E-state index in [1.807, 2.05) is 0 Å². The lowest BCUT2D eigenvalue weighted by Gasteiger charge is -2.25. The first kappa shape index (κ1) is 15.7. The molecule has 1 heterocycles. The summed E-state index contributed by atoms with van der Waals surface area (Å²) in [5, 5.41) is 2.67. The summed E-state index contributed by atoms with van der Waals surface area (Å²) in [4.78, 5) is 35.7. The number of nitrogens with one attached hydrogen (secondary N) is 1. The third-order valence-electron chi connectivity index (χ3n) is 3.52. The predicted octanol–water partition coefficient (Wildman–Crippen LogP) is 2.20. The molecule has 2 aromatic rings. The smallest absolute Gasteiger partial charge is 0.310 e. The third-order valence-corrected chi connectivity index (χ3v) is 3.52. The molecular weight excluding hydrogens is 310 g/mol. The van der Waals surface area contributed by atoms with Crippen LogP contribution in [-0.2, 0) is 14.3 Å². The summed E-state index contributed by atoms with van der Waals surface area (Å²) in [6.45, 7) is -0.367. The van der Waals surface area contributed by atoms with Gasteiger partial charge in [0, 0.05) is 5.56 Å². The lowest BCUT2D eigenvalue weighted by atomic mass is 10.1. The van der Waals surface area contributed by atoms with Crippen molar-refractivity contribution in [2.24, 2.45) is 0 Å². The minimum atomic E-state index is -0.973. The highest BCUT2D eigenvalue weighted by Crippen LogP contribution is 2.29. The zero-order valence-electron chi connectivity index (χ0n) is 12.7. The van der Waals surface area contributed by atoms with Crippen molar-refractivity contribution >= 4 is 23.3 Å². The van der Waals surface area contributed by atoms with Crippen LogP contribution < -0.4 is 10.1 Å². The molecule has 6 nitrogen and oxygen atoms in total. The van der Waals surface area contributed by atoms with Crippen LogP contribution in [0.3, 0.4) is 0 Å². The van der Waals surface area contributed by atoms with Crippen LogP contribution in [0.4, 0.5) is 5.69 Å². The van der Waals surface area contributed by atoms with E-state index in [-0.39, 0.29) is 18.8 Å². The maximum Gasteiger partial charge on any atom is 0.310 e. The SMILES string of the molecule is O=C(CC1Oc2ccccc2NC1=O)OCC(=O)c1ccccc1. The van der Waals surface area contributed by atoms with Gasteiger partial charge in [0.25, 0.3) is 5.91 Å². The van der Waals surface area contributed by atoms with Crippen molar-refractivity contribution in [1.82, 2.24) is 0 Å². The van der Waals surface area contributed by atoms with Crippen LogP contribution in [0.1, 0.15) is 16.8 Å². The number of Topliss-reactive ketones (excluding diaryl/α,β-unsaturated/α-hetero) is 1. The number of benzene rings is 2. The lowest BCUT2D eigenvalue weighted by Crippen LogP contribution is -2.39. The number of rotatable bonds is 5. The number of ether oxygens (including phenoxy) is 2. The van der Waals surface area contributed by atoms with Crippen molar-refractivity contribution < 1.29 is 23.9 Å². The van der Waals surface area contributed by atoms with Gasteiger partial charge in [0.05, 0.1) is 12.1 Å². The van der Waals surface area contributed by atoms with Gasteiger partial charge in [-0.2, -0.15) is 0 Å². The summed E-state index contributed by atoms with van der Waals surface area (Å²) in [6.07, 6.45) is -1.23. The fourth-order valence-corrected chi connectivity index (χ4v) is 2.29. The second kappa shape index (κ2) is 6.95. The molecule has 1 aliphatic rings. The molecule has 1 atom stereocenters. The van der Waals surface area contributed by atoms with Crippen LogP contribution in [0.15, 0.2) is 54.6 Å². The molecule has 2 aromatic carbocycles. The maximum atomic E-state index is 11.9. The largest absolute Gasteiger partial charge is 0.478 e. The Labute approximate surface area is 138 Å². The Morgan fingerprint density at radius 1 is 1.04 bits per heavy atom. The molecule has 1 aliphatic heterocycles. The van der Waals surface area contributed by atoms with Gasteiger partial charge in [-0.25, -0.2) is 0 Å². The van der Waals surface area contributed by atoms with Crippen molar-refractivity contribution in [3.05, 3.63) is 60.2 Å². The summed E-state index contributed by atoms with van der Waals surface area (Å²) in [5.74, 6) is -0.891. The molecule has 0 aromatic heterocycles. The van der Waals surface area contributed by atoms with Gasteiger partial charge in [-0.1, -0.05) is 42.5 Å². The van der Waals surface area contributed by atoms with Crippen LogP contribution in [0.5, 0.6) is 5.75 Å². The number of hydrogen-bond donors (Lipinski definition) is 1. The zero-order valence-corrected chi connectivity index (χ0v) is 12.7. The van der Waals surface area contributed by atoms with Crippen LogP contribution in [0.25, 0.3) is 0 Å². The Balaban J connectivity index is 1.54. The van der Waals surface area contributed by atoms with Crippen LogP contribution in [0, 0.1) is 0 Å². The van der Waals surface area contributed by atoms with Crippen molar-refractivity contribution in [2.75, 3.05) is 11.9 Å². The molecule has 0 fully saturated rings. The molecule has 0 saturated carbocycles. The number of para-hydroxylation sites is 2. The van der Waals surface area contributed by atoms with E-state index < -0.39 is 18.0 Å². The highest BCUT2D eigenvalue weighted by Gasteiger charge is 2.30. The number of fused-ring (bicyclic) bond motifs is 1. The highest BCUT2D eigenvalue weighted by atomic mass is 16.5. The van der Waals surface area contributed by atoms with E-state index in [0.29, 0.717) is 17.0 Å². The van der Waals surface area contributed by atoms with E-state index in [2.05, 4.69) is 5.32 Å². The molecular formula is C18H15NO5. The van der Waals surface area contributed by atoms with Crippen LogP contribution in [-0.4, -0.2) is 30.4 Å². The monoisotopic (exact) mass is 325 g/mol. The van der Waals surface area contributed by atoms with Gasteiger partial charge in [-0.05, 0) is 12.1 Å². The molecule has 0 aliphatic carbocycles. The summed E-state index contributed by atoms with van der Waals surface area (Å²) in [5.41, 5.74) is 1.03. The van der Waals surface area contributed by atoms with E-state index in [4.69, 9.17) is 9.47 Å². The normalized spacial score (nSPS) is 15.7. The van der Waals surface area contributed by atoms with Gasteiger partial charge < -0.3 is 14.8 Å². The van der Waals surface area contributed by atoms with Crippen LogP contribution in [0.2, 0.25) is 0 Å². The average Bonchev–Trinajstić information content (AvgIpc) is 2.61. The second-order valence-corrected chi connectivity index (χ2v) is 5.25. The van der Waals surface area contributed by atoms with Gasteiger partial charge in [0.1, 0.15) is 5.75 Å². The molecule has 6 heteroatoms. The summed E-state index contributed by atoms with van der Waals surface area (Å²) < 4.78 is 10.5. The number of anilines is 1. The van der Waals surface area contributed by atoms with Crippen molar-refractivity contribution in [1.29, 1.82) is 0 Å². The van der Waals surface area contributed by atoms with Crippen molar-refractivity contribution in [2.45, 2.75) is 12.5 Å². The highest BCUT2D eigenvalue weighted by molar-refractivity contribution is 6.00. The molecule has 3 rings (SSSR count). The Morgan fingerprint density at radius 2 is 1.75 bits per heavy atom. The molecule has 0 radical (unpaired) electrons. The minimum Gasteiger partial charge on any atom is -0.478 e. The van der Waals surface area contributed by atoms with Gasteiger partial charge in [0.2, 0.25) is 0 Å². The average molecular weight is 325 g/mol. The fourth-order valence-electron chi connectivity index (χ4n) is 2.29. The molecule has 24 heavy (non-hydrogen) atoms. The number of carbonyl (C=O) groups excluding carboxylic acids is 3. The first-order valence-electron chi connectivity index (χ1n) is 7.44. The Morgan fingerprint density at radius 3 is 2.54 bits per heavy atom. The number of esters is 1. The quantitative estimate of drug-likeness (QED) is 0.673. The zero-order chi connectivity index (χ0) is 16.9. The molecule has 1 unspecified atom stereocenters. The minimum absolute atomic E-state index is 0.262. The maximum absolute atomic E-state index is 11.9. The van der Waals surface area contributed by atoms with Gasteiger partial charge in [0.15, 0.2) is 18.5 Å². The first-order valence-corrected chi connectivity index (χ1v) is 7.44. The number of amides is 1. The van der Waals surface area contributed by atoms with E-state index in [0.717, 1.165) is 0 Å². The van der Waals surface area contributed by atoms with Crippen molar-refractivity contribution in [3.8, 4) is 5.75 Å².